The molecule has 2 aromatic heterocycles. The van der Waals surface area contributed by atoms with Gasteiger partial charge in [-0.2, -0.15) is 4.98 Å². The monoisotopic (exact) mass is 287 g/mol. The van der Waals surface area contributed by atoms with Gasteiger partial charge in [0.15, 0.2) is 5.58 Å². The number of likely N-dealkylation sites (N-methyl/N-ethyl adjacent to an activating group) is 1. The number of oxazole rings is 1. The maximum absolute atomic E-state index is 5.68. The Hall–Kier alpha value is -1.85. The third kappa shape index (κ3) is 2.69. The predicted molar refractivity (Wildman–Crippen MR) is 83.2 cm³/mol. The van der Waals surface area contributed by atoms with Crippen molar-refractivity contribution in [3.05, 3.63) is 46.7 Å². The largest absolute Gasteiger partial charge is 0.424 e. The molecule has 3 rings (SSSR count). The first-order chi connectivity index (χ1) is 9.74. The fourth-order valence-electron chi connectivity index (χ4n) is 2.15. The van der Waals surface area contributed by atoms with Gasteiger partial charge in [-0.05, 0) is 37.7 Å². The number of para-hydroxylation sites is 2. The molecule has 0 bridgehead atoms. The van der Waals surface area contributed by atoms with E-state index in [1.54, 1.807) is 11.3 Å². The number of nitrogens with one attached hydrogen (secondary N) is 1. The van der Waals surface area contributed by atoms with Crippen molar-refractivity contribution in [1.82, 2.24) is 9.88 Å². The average Bonchev–Trinajstić information content (AvgIpc) is 3.06. The molecule has 4 nitrogen and oxygen atoms in total. The van der Waals surface area contributed by atoms with Gasteiger partial charge in [-0.1, -0.05) is 18.2 Å². The minimum atomic E-state index is 0.310. The van der Waals surface area contributed by atoms with Crippen LogP contribution in [0.4, 0.5) is 6.01 Å². The highest BCUT2D eigenvalue weighted by molar-refractivity contribution is 7.10. The first-order valence-corrected chi connectivity index (χ1v) is 7.41. The average molecular weight is 287 g/mol. The Morgan fingerprint density at radius 3 is 2.80 bits per heavy atom. The third-order valence-corrected chi connectivity index (χ3v) is 4.21. The van der Waals surface area contributed by atoms with Crippen molar-refractivity contribution < 1.29 is 4.42 Å². The van der Waals surface area contributed by atoms with Gasteiger partial charge in [-0.3, -0.25) is 0 Å². The quantitative estimate of drug-likeness (QED) is 0.778. The van der Waals surface area contributed by atoms with Crippen LogP contribution in [0, 0.1) is 0 Å². The summed E-state index contributed by atoms with van der Waals surface area (Å²) in [4.78, 5) is 7.96. The van der Waals surface area contributed by atoms with Gasteiger partial charge < -0.3 is 14.6 Å². The number of hydrogen-bond acceptors (Lipinski definition) is 5. The minimum absolute atomic E-state index is 0.310. The van der Waals surface area contributed by atoms with E-state index in [1.165, 1.54) is 4.88 Å². The van der Waals surface area contributed by atoms with E-state index >= 15 is 0 Å². The summed E-state index contributed by atoms with van der Waals surface area (Å²) < 4.78 is 5.68. The van der Waals surface area contributed by atoms with Crippen LogP contribution >= 0.6 is 11.3 Å². The Morgan fingerprint density at radius 1 is 1.25 bits per heavy atom. The molecule has 104 valence electrons. The van der Waals surface area contributed by atoms with Crippen molar-refractivity contribution in [3.63, 3.8) is 0 Å². The second kappa shape index (κ2) is 5.64. The van der Waals surface area contributed by atoms with Crippen LogP contribution in [0.1, 0.15) is 10.9 Å². The number of thiophene rings is 1. The van der Waals surface area contributed by atoms with E-state index in [0.717, 1.165) is 17.6 Å². The molecule has 1 atom stereocenters. The molecule has 5 heteroatoms. The zero-order chi connectivity index (χ0) is 13.9. The summed E-state index contributed by atoms with van der Waals surface area (Å²) in [6.07, 6.45) is 0. The van der Waals surface area contributed by atoms with Crippen LogP contribution in [0.2, 0.25) is 0 Å². The molecule has 0 saturated carbocycles. The number of benzene rings is 1. The smallest absolute Gasteiger partial charge is 0.295 e. The van der Waals surface area contributed by atoms with Gasteiger partial charge in [0.2, 0.25) is 0 Å². The van der Waals surface area contributed by atoms with E-state index in [9.17, 15) is 0 Å². The van der Waals surface area contributed by atoms with Crippen LogP contribution in [0.15, 0.2) is 46.2 Å². The van der Waals surface area contributed by atoms with Crippen LogP contribution in [0.5, 0.6) is 0 Å². The first-order valence-electron chi connectivity index (χ1n) is 6.53. The summed E-state index contributed by atoms with van der Waals surface area (Å²) in [6.45, 7) is 0.764. The van der Waals surface area contributed by atoms with Crippen LogP contribution in [-0.2, 0) is 0 Å². The molecule has 0 aliphatic carbocycles. The van der Waals surface area contributed by atoms with E-state index in [-0.39, 0.29) is 0 Å². The van der Waals surface area contributed by atoms with Gasteiger partial charge in [0, 0.05) is 11.4 Å². The van der Waals surface area contributed by atoms with Crippen molar-refractivity contribution in [1.29, 1.82) is 0 Å². The zero-order valence-corrected chi connectivity index (χ0v) is 12.4. The van der Waals surface area contributed by atoms with E-state index in [0.29, 0.717) is 12.1 Å². The lowest BCUT2D eigenvalue weighted by molar-refractivity contribution is 0.314. The molecule has 1 N–H and O–H groups in total. The molecule has 1 aromatic carbocycles. The van der Waals surface area contributed by atoms with Gasteiger partial charge in [0.1, 0.15) is 5.52 Å². The molecule has 1 unspecified atom stereocenters. The van der Waals surface area contributed by atoms with E-state index in [4.69, 9.17) is 4.42 Å². The standard InChI is InChI=1S/C15H17N3OS/c1-18(2)12(14-8-5-9-20-14)10-16-15-17-11-6-3-4-7-13(11)19-15/h3-9,12H,10H2,1-2H3,(H,16,17). The number of hydrogen-bond donors (Lipinski definition) is 1. The fraction of sp³-hybridized carbons (Fsp3) is 0.267. The molecule has 2 heterocycles. The minimum Gasteiger partial charge on any atom is -0.424 e. The van der Waals surface area contributed by atoms with Gasteiger partial charge in [0.05, 0.1) is 6.04 Å². The number of aromatic nitrogens is 1. The summed E-state index contributed by atoms with van der Waals surface area (Å²) in [7, 11) is 4.16. The lowest BCUT2D eigenvalue weighted by Crippen LogP contribution is -2.26. The zero-order valence-electron chi connectivity index (χ0n) is 11.5. The fourth-order valence-corrected chi connectivity index (χ4v) is 3.07. The number of nitrogens with zero attached hydrogens (tertiary/aromatic N) is 2. The Kier molecular flexibility index (Phi) is 3.71. The Bertz CT molecular complexity index is 642. The molecule has 0 spiro atoms. The van der Waals surface area contributed by atoms with Crippen molar-refractivity contribution in [3.8, 4) is 0 Å². The van der Waals surface area contributed by atoms with Crippen LogP contribution in [0.25, 0.3) is 11.1 Å². The molecular weight excluding hydrogens is 270 g/mol. The van der Waals surface area contributed by atoms with Crippen LogP contribution < -0.4 is 5.32 Å². The van der Waals surface area contributed by atoms with E-state index in [2.05, 4.69) is 46.8 Å². The normalized spacial score (nSPS) is 12.9. The van der Waals surface area contributed by atoms with Crippen molar-refractivity contribution in [2.45, 2.75) is 6.04 Å². The summed E-state index contributed by atoms with van der Waals surface area (Å²) in [5.41, 5.74) is 1.69. The number of fused-ring (bicyclic) bond motifs is 1. The molecule has 0 saturated heterocycles. The third-order valence-electron chi connectivity index (χ3n) is 3.24. The molecule has 0 aliphatic rings. The predicted octanol–water partition coefficient (Wildman–Crippen LogP) is 3.60. The maximum Gasteiger partial charge on any atom is 0.295 e. The van der Waals surface area contributed by atoms with E-state index < -0.39 is 0 Å². The number of anilines is 1. The summed E-state index contributed by atoms with van der Waals surface area (Å²) in [5, 5.41) is 5.39. The summed E-state index contributed by atoms with van der Waals surface area (Å²) in [5.74, 6) is 0. The second-order valence-corrected chi connectivity index (χ2v) is 5.84. The van der Waals surface area contributed by atoms with Gasteiger partial charge in [-0.25, -0.2) is 0 Å². The highest BCUT2D eigenvalue weighted by Gasteiger charge is 2.16. The molecule has 0 radical (unpaired) electrons. The van der Waals surface area contributed by atoms with E-state index in [1.807, 2.05) is 24.3 Å². The van der Waals surface area contributed by atoms with Crippen molar-refractivity contribution in [2.24, 2.45) is 0 Å². The molecule has 0 fully saturated rings. The Morgan fingerprint density at radius 2 is 2.10 bits per heavy atom. The van der Waals surface area contributed by atoms with Crippen LogP contribution in [-0.4, -0.2) is 30.5 Å². The van der Waals surface area contributed by atoms with Crippen molar-refractivity contribution in [2.75, 3.05) is 26.0 Å². The molecular formula is C15H17N3OS. The second-order valence-electron chi connectivity index (χ2n) is 4.86. The van der Waals surface area contributed by atoms with Crippen LogP contribution in [0.3, 0.4) is 0 Å². The van der Waals surface area contributed by atoms with Gasteiger partial charge >= 0.3 is 0 Å². The lowest BCUT2D eigenvalue weighted by Gasteiger charge is -2.23. The number of rotatable bonds is 5. The molecule has 0 amide bonds. The summed E-state index contributed by atoms with van der Waals surface area (Å²) >= 11 is 1.77. The Labute approximate surface area is 122 Å². The van der Waals surface area contributed by atoms with Gasteiger partial charge in [-0.15, -0.1) is 11.3 Å². The molecule has 3 aromatic rings. The SMILES string of the molecule is CN(C)C(CNc1nc2ccccc2o1)c1cccs1. The highest BCUT2D eigenvalue weighted by atomic mass is 32.1. The van der Waals surface area contributed by atoms with Gasteiger partial charge in [0.25, 0.3) is 6.01 Å². The first kappa shape index (κ1) is 13.1. The lowest BCUT2D eigenvalue weighted by atomic mass is 10.2. The maximum atomic E-state index is 5.68. The molecule has 20 heavy (non-hydrogen) atoms. The Balaban J connectivity index is 1.74. The molecule has 0 aliphatic heterocycles. The highest BCUT2D eigenvalue weighted by Crippen LogP contribution is 2.24. The topological polar surface area (TPSA) is 41.3 Å². The summed E-state index contributed by atoms with van der Waals surface area (Å²) in [6, 6.07) is 12.9. The van der Waals surface area contributed by atoms with Crippen molar-refractivity contribution >= 4 is 28.5 Å².